The molecule has 0 aliphatic heterocycles. The minimum Gasteiger partial charge on any atom is -0.308 e. The molecule has 0 saturated heterocycles. The van der Waals surface area contributed by atoms with E-state index in [0.717, 1.165) is 43.2 Å². The van der Waals surface area contributed by atoms with Gasteiger partial charge in [-0.1, -0.05) is 25.4 Å². The monoisotopic (exact) mass is 272 g/mol. The maximum atomic E-state index is 6.30. The molecule has 1 rings (SSSR count). The Kier molecular flexibility index (Phi) is 6.68. The van der Waals surface area contributed by atoms with Crippen LogP contribution < -0.4 is 5.32 Å². The molecule has 1 heterocycles. The number of aryl methyl sites for hydroxylation is 1. The van der Waals surface area contributed by atoms with Gasteiger partial charge < -0.3 is 10.2 Å². The van der Waals surface area contributed by atoms with E-state index in [4.69, 9.17) is 11.6 Å². The summed E-state index contributed by atoms with van der Waals surface area (Å²) in [6, 6.07) is 0.237. The average Bonchev–Trinajstić information content (AvgIpc) is 2.66. The molecule has 1 aromatic rings. The average molecular weight is 273 g/mol. The van der Waals surface area contributed by atoms with Crippen molar-refractivity contribution in [2.45, 2.75) is 39.3 Å². The van der Waals surface area contributed by atoms with Crippen molar-refractivity contribution in [3.05, 3.63) is 16.9 Å². The van der Waals surface area contributed by atoms with Gasteiger partial charge in [0.05, 0.1) is 23.0 Å². The Hall–Kier alpha value is -0.580. The zero-order valence-electron chi connectivity index (χ0n) is 11.9. The second kappa shape index (κ2) is 7.77. The van der Waals surface area contributed by atoms with Gasteiger partial charge in [0.15, 0.2) is 0 Å². The molecule has 0 radical (unpaired) electrons. The van der Waals surface area contributed by atoms with E-state index in [9.17, 15) is 0 Å². The van der Waals surface area contributed by atoms with Crippen molar-refractivity contribution in [2.24, 2.45) is 0 Å². The highest BCUT2D eigenvalue weighted by Gasteiger charge is 2.20. The molecule has 0 amide bonds. The Balaban J connectivity index is 2.91. The van der Waals surface area contributed by atoms with Gasteiger partial charge in [-0.05, 0) is 33.5 Å². The van der Waals surface area contributed by atoms with Crippen molar-refractivity contribution in [1.82, 2.24) is 20.0 Å². The smallest absolute Gasteiger partial charge is 0.0834 e. The predicted molar refractivity (Wildman–Crippen MR) is 77.1 cm³/mol. The molecule has 1 N–H and O–H groups in total. The topological polar surface area (TPSA) is 33.1 Å². The Morgan fingerprint density at radius 1 is 1.39 bits per heavy atom. The van der Waals surface area contributed by atoms with E-state index in [1.165, 1.54) is 0 Å². The van der Waals surface area contributed by atoms with Gasteiger partial charge in [-0.25, -0.2) is 0 Å². The van der Waals surface area contributed by atoms with Gasteiger partial charge in [-0.2, -0.15) is 5.10 Å². The summed E-state index contributed by atoms with van der Waals surface area (Å²) >= 11 is 6.30. The quantitative estimate of drug-likeness (QED) is 0.790. The molecule has 0 spiro atoms. The fourth-order valence-electron chi connectivity index (χ4n) is 2.04. The van der Waals surface area contributed by atoms with Crippen LogP contribution in [0.2, 0.25) is 5.02 Å². The highest BCUT2D eigenvalue weighted by atomic mass is 35.5. The second-order valence-electron chi connectivity index (χ2n) is 4.87. The molecule has 1 aromatic heterocycles. The maximum Gasteiger partial charge on any atom is 0.0834 e. The number of hydrogen-bond acceptors (Lipinski definition) is 3. The van der Waals surface area contributed by atoms with Crippen LogP contribution in [0, 0.1) is 0 Å². The third-order valence-electron chi connectivity index (χ3n) is 2.79. The van der Waals surface area contributed by atoms with E-state index in [-0.39, 0.29) is 6.04 Å². The first kappa shape index (κ1) is 15.5. The zero-order chi connectivity index (χ0) is 13.5. The van der Waals surface area contributed by atoms with Gasteiger partial charge in [0.25, 0.3) is 0 Å². The van der Waals surface area contributed by atoms with E-state index in [0.29, 0.717) is 0 Å². The molecule has 18 heavy (non-hydrogen) atoms. The number of rotatable bonds is 8. The SMILES string of the molecule is CCCNC(CN(C)C)c1c(Cl)cnn1CCC. The molecule has 1 atom stereocenters. The minimum atomic E-state index is 0.237. The first-order valence-electron chi connectivity index (χ1n) is 6.69. The maximum absolute atomic E-state index is 6.30. The van der Waals surface area contributed by atoms with Gasteiger partial charge in [0, 0.05) is 13.1 Å². The molecule has 0 aliphatic rings. The van der Waals surface area contributed by atoms with E-state index in [1.54, 1.807) is 6.20 Å². The third-order valence-corrected chi connectivity index (χ3v) is 3.08. The number of halogens is 1. The van der Waals surface area contributed by atoms with Crippen LogP contribution in [0.5, 0.6) is 0 Å². The Morgan fingerprint density at radius 3 is 2.67 bits per heavy atom. The van der Waals surface area contributed by atoms with Crippen LogP contribution in [0.4, 0.5) is 0 Å². The lowest BCUT2D eigenvalue weighted by molar-refractivity contribution is 0.329. The lowest BCUT2D eigenvalue weighted by Gasteiger charge is -2.23. The summed E-state index contributed by atoms with van der Waals surface area (Å²) in [6.45, 7) is 7.16. The first-order chi connectivity index (χ1) is 8.60. The van der Waals surface area contributed by atoms with Gasteiger partial charge in [-0.15, -0.1) is 0 Å². The Morgan fingerprint density at radius 2 is 2.11 bits per heavy atom. The van der Waals surface area contributed by atoms with Crippen LogP contribution in [-0.2, 0) is 6.54 Å². The van der Waals surface area contributed by atoms with E-state index in [2.05, 4.69) is 43.3 Å². The summed E-state index contributed by atoms with van der Waals surface area (Å²) in [4.78, 5) is 2.17. The number of nitrogens with zero attached hydrogens (tertiary/aromatic N) is 3. The van der Waals surface area contributed by atoms with E-state index >= 15 is 0 Å². The van der Waals surface area contributed by atoms with Crippen molar-refractivity contribution in [3.63, 3.8) is 0 Å². The van der Waals surface area contributed by atoms with E-state index in [1.807, 2.05) is 4.68 Å². The van der Waals surface area contributed by atoms with Crippen LogP contribution in [0.3, 0.4) is 0 Å². The Labute approximate surface area is 115 Å². The first-order valence-corrected chi connectivity index (χ1v) is 7.07. The fraction of sp³-hybridized carbons (Fsp3) is 0.769. The standard InChI is InChI=1S/C13H25ClN4/c1-5-7-15-12(10-17(3)4)13-11(14)9-16-18(13)8-6-2/h9,12,15H,5-8,10H2,1-4H3. The molecule has 5 heteroatoms. The van der Waals surface area contributed by atoms with Crippen molar-refractivity contribution in [3.8, 4) is 0 Å². The summed E-state index contributed by atoms with van der Waals surface area (Å²) < 4.78 is 2.03. The molecule has 0 bridgehead atoms. The molecule has 104 valence electrons. The number of likely N-dealkylation sites (N-methyl/N-ethyl adjacent to an activating group) is 1. The summed E-state index contributed by atoms with van der Waals surface area (Å²) in [5.74, 6) is 0. The molecule has 0 saturated carbocycles. The number of aromatic nitrogens is 2. The Bertz CT molecular complexity index is 349. The zero-order valence-corrected chi connectivity index (χ0v) is 12.7. The lowest BCUT2D eigenvalue weighted by Crippen LogP contribution is -2.33. The van der Waals surface area contributed by atoms with Crippen molar-refractivity contribution in [1.29, 1.82) is 0 Å². The lowest BCUT2D eigenvalue weighted by atomic mass is 10.2. The highest BCUT2D eigenvalue weighted by molar-refractivity contribution is 6.31. The van der Waals surface area contributed by atoms with Gasteiger partial charge >= 0.3 is 0 Å². The summed E-state index contributed by atoms with van der Waals surface area (Å²) in [7, 11) is 4.16. The minimum absolute atomic E-state index is 0.237. The third kappa shape index (κ3) is 4.26. The van der Waals surface area contributed by atoms with Crippen molar-refractivity contribution >= 4 is 11.6 Å². The van der Waals surface area contributed by atoms with Gasteiger partial charge in [0.1, 0.15) is 0 Å². The van der Waals surface area contributed by atoms with Gasteiger partial charge in [0.2, 0.25) is 0 Å². The normalized spacial score (nSPS) is 13.2. The summed E-state index contributed by atoms with van der Waals surface area (Å²) in [5.41, 5.74) is 1.11. The molecule has 0 aromatic carbocycles. The van der Waals surface area contributed by atoms with Gasteiger partial charge in [-0.3, -0.25) is 4.68 Å². The van der Waals surface area contributed by atoms with Crippen molar-refractivity contribution in [2.75, 3.05) is 27.2 Å². The van der Waals surface area contributed by atoms with Crippen LogP contribution in [0.25, 0.3) is 0 Å². The van der Waals surface area contributed by atoms with Crippen molar-refractivity contribution < 1.29 is 0 Å². The molecular formula is C13H25ClN4. The number of nitrogens with one attached hydrogen (secondary N) is 1. The summed E-state index contributed by atoms with van der Waals surface area (Å²) in [5, 5.41) is 8.69. The molecular weight excluding hydrogens is 248 g/mol. The largest absolute Gasteiger partial charge is 0.308 e. The number of hydrogen-bond donors (Lipinski definition) is 1. The summed E-state index contributed by atoms with van der Waals surface area (Å²) in [6.07, 6.45) is 3.93. The molecule has 0 fully saturated rings. The molecule has 0 aliphatic carbocycles. The fourth-order valence-corrected chi connectivity index (χ4v) is 2.31. The molecule has 1 unspecified atom stereocenters. The highest BCUT2D eigenvalue weighted by Crippen LogP contribution is 2.23. The molecule has 4 nitrogen and oxygen atoms in total. The van der Waals surface area contributed by atoms with Crippen LogP contribution in [0.1, 0.15) is 38.4 Å². The van der Waals surface area contributed by atoms with E-state index < -0.39 is 0 Å². The van der Waals surface area contributed by atoms with Crippen LogP contribution in [-0.4, -0.2) is 41.9 Å². The van der Waals surface area contributed by atoms with Crippen LogP contribution >= 0.6 is 11.6 Å². The van der Waals surface area contributed by atoms with Crippen LogP contribution in [0.15, 0.2) is 6.20 Å². The predicted octanol–water partition coefficient (Wildman–Crippen LogP) is 2.55. The second-order valence-corrected chi connectivity index (χ2v) is 5.28.